The van der Waals surface area contributed by atoms with Crippen molar-refractivity contribution in [1.29, 1.82) is 0 Å². The van der Waals surface area contributed by atoms with Gasteiger partial charge in [-0.15, -0.1) is 11.3 Å². The number of aromatic nitrogens is 1. The summed E-state index contributed by atoms with van der Waals surface area (Å²) in [6.07, 6.45) is 2.83. The Kier molecular flexibility index (Phi) is 4.48. The minimum atomic E-state index is -0.468. The third kappa shape index (κ3) is 3.53. The van der Waals surface area contributed by atoms with Gasteiger partial charge in [0.2, 0.25) is 0 Å². The van der Waals surface area contributed by atoms with Crippen LogP contribution in [-0.4, -0.2) is 21.9 Å². The van der Waals surface area contributed by atoms with Gasteiger partial charge in [0.15, 0.2) is 5.13 Å². The zero-order chi connectivity index (χ0) is 17.3. The van der Waals surface area contributed by atoms with Crippen LogP contribution in [0.5, 0.6) is 0 Å². The zero-order valence-corrected chi connectivity index (χ0v) is 14.3. The van der Waals surface area contributed by atoms with E-state index in [0.29, 0.717) is 16.9 Å². The van der Waals surface area contributed by atoms with E-state index in [-0.39, 0.29) is 11.3 Å². The fourth-order valence-electron chi connectivity index (χ4n) is 2.37. The van der Waals surface area contributed by atoms with Gasteiger partial charge in [0.25, 0.3) is 11.6 Å². The first-order valence-corrected chi connectivity index (χ1v) is 8.62. The van der Waals surface area contributed by atoms with Crippen molar-refractivity contribution in [3.63, 3.8) is 0 Å². The lowest BCUT2D eigenvalue weighted by molar-refractivity contribution is -0.384. The Morgan fingerprint density at radius 3 is 2.79 bits per heavy atom. The monoisotopic (exact) mass is 346 g/mol. The van der Waals surface area contributed by atoms with Crippen molar-refractivity contribution in [1.82, 2.24) is 4.98 Å². The van der Waals surface area contributed by atoms with E-state index in [9.17, 15) is 14.9 Å². The van der Waals surface area contributed by atoms with Crippen LogP contribution < -0.4 is 10.6 Å². The average molecular weight is 346 g/mol. The summed E-state index contributed by atoms with van der Waals surface area (Å²) in [5.74, 6) is -0.396. The molecule has 24 heavy (non-hydrogen) atoms. The number of anilines is 2. The van der Waals surface area contributed by atoms with Crippen LogP contribution in [0.4, 0.5) is 16.5 Å². The Morgan fingerprint density at radius 2 is 2.21 bits per heavy atom. The maximum atomic E-state index is 12.4. The normalized spacial score (nSPS) is 13.6. The predicted molar refractivity (Wildman–Crippen MR) is 93.9 cm³/mol. The molecule has 1 heterocycles. The topological polar surface area (TPSA) is 97.2 Å². The second-order valence-electron chi connectivity index (χ2n) is 5.74. The number of amides is 1. The maximum Gasteiger partial charge on any atom is 0.293 e. The third-order valence-electron chi connectivity index (χ3n) is 3.84. The maximum absolute atomic E-state index is 12.4. The summed E-state index contributed by atoms with van der Waals surface area (Å²) in [6, 6.07) is 4.79. The molecule has 0 radical (unpaired) electrons. The van der Waals surface area contributed by atoms with Crippen LogP contribution in [0, 0.1) is 17.0 Å². The molecule has 0 atom stereocenters. The van der Waals surface area contributed by atoms with Crippen molar-refractivity contribution in [2.45, 2.75) is 39.2 Å². The number of hydrogen-bond acceptors (Lipinski definition) is 6. The SMILES string of the molecule is CCc1nc(NC(=O)c2ccc(NC3CC3)c([N+](=O)[O-])c2)sc1C. The summed E-state index contributed by atoms with van der Waals surface area (Å²) in [5, 5.41) is 17.6. The van der Waals surface area contributed by atoms with Gasteiger partial charge < -0.3 is 5.32 Å². The van der Waals surface area contributed by atoms with Gasteiger partial charge in [-0.25, -0.2) is 4.98 Å². The second-order valence-corrected chi connectivity index (χ2v) is 6.94. The number of benzene rings is 1. The van der Waals surface area contributed by atoms with Crippen LogP contribution >= 0.6 is 11.3 Å². The molecule has 1 aliphatic rings. The van der Waals surface area contributed by atoms with Gasteiger partial charge in [-0.3, -0.25) is 20.2 Å². The molecule has 0 spiro atoms. The average Bonchev–Trinajstić information content (AvgIpc) is 3.29. The predicted octanol–water partition coefficient (Wildman–Crippen LogP) is 3.75. The quantitative estimate of drug-likeness (QED) is 0.613. The number of rotatable bonds is 6. The van der Waals surface area contributed by atoms with E-state index in [2.05, 4.69) is 15.6 Å². The van der Waals surface area contributed by atoms with Gasteiger partial charge in [-0.1, -0.05) is 6.92 Å². The largest absolute Gasteiger partial charge is 0.377 e. The molecule has 126 valence electrons. The molecule has 8 heteroatoms. The number of aryl methyl sites for hydroxylation is 2. The number of nitro groups is 1. The first-order chi connectivity index (χ1) is 11.5. The van der Waals surface area contributed by atoms with Crippen molar-refractivity contribution in [3.8, 4) is 0 Å². The van der Waals surface area contributed by atoms with Crippen LogP contribution in [0.1, 0.15) is 40.7 Å². The lowest BCUT2D eigenvalue weighted by Gasteiger charge is -2.07. The Balaban J connectivity index is 1.80. The number of carbonyl (C=O) groups excluding carboxylic acids is 1. The van der Waals surface area contributed by atoms with E-state index >= 15 is 0 Å². The van der Waals surface area contributed by atoms with Crippen LogP contribution in [-0.2, 0) is 6.42 Å². The second kappa shape index (κ2) is 6.56. The van der Waals surface area contributed by atoms with E-state index in [1.165, 1.54) is 17.4 Å². The van der Waals surface area contributed by atoms with Gasteiger partial charge in [0.1, 0.15) is 5.69 Å². The number of nitrogens with zero attached hydrogens (tertiary/aromatic N) is 2. The highest BCUT2D eigenvalue weighted by atomic mass is 32.1. The van der Waals surface area contributed by atoms with Crippen molar-refractivity contribution in [3.05, 3.63) is 44.4 Å². The van der Waals surface area contributed by atoms with Crippen LogP contribution in [0.3, 0.4) is 0 Å². The molecule has 1 aliphatic carbocycles. The molecular formula is C16H18N4O3S. The van der Waals surface area contributed by atoms with Crippen LogP contribution in [0.2, 0.25) is 0 Å². The van der Waals surface area contributed by atoms with Gasteiger partial charge in [-0.05, 0) is 38.3 Å². The Bertz CT molecular complexity index is 799. The third-order valence-corrected chi connectivity index (χ3v) is 4.77. The fraction of sp³-hybridized carbons (Fsp3) is 0.375. The Labute approximate surface area is 143 Å². The van der Waals surface area contributed by atoms with E-state index in [1.54, 1.807) is 12.1 Å². The molecule has 2 aromatic rings. The first kappa shape index (κ1) is 16.4. The minimum Gasteiger partial charge on any atom is -0.377 e. The summed E-state index contributed by atoms with van der Waals surface area (Å²) >= 11 is 1.40. The molecule has 1 saturated carbocycles. The van der Waals surface area contributed by atoms with Gasteiger partial charge >= 0.3 is 0 Å². The van der Waals surface area contributed by atoms with Crippen molar-refractivity contribution < 1.29 is 9.72 Å². The molecule has 1 aromatic heterocycles. The van der Waals surface area contributed by atoms with Crippen LogP contribution in [0.25, 0.3) is 0 Å². The van der Waals surface area contributed by atoms with Crippen molar-refractivity contribution >= 4 is 33.8 Å². The van der Waals surface area contributed by atoms with E-state index in [0.717, 1.165) is 29.8 Å². The standard InChI is InChI=1S/C16H18N4O3S/c1-3-12-9(2)24-16(18-12)19-15(21)10-4-7-13(17-11-5-6-11)14(8-10)20(22)23/h4,7-8,11,17H,3,5-6H2,1-2H3,(H,18,19,21). The first-order valence-electron chi connectivity index (χ1n) is 7.80. The van der Waals surface area contributed by atoms with Crippen molar-refractivity contribution in [2.75, 3.05) is 10.6 Å². The van der Waals surface area contributed by atoms with Gasteiger partial charge in [-0.2, -0.15) is 0 Å². The molecule has 0 aliphatic heterocycles. The highest BCUT2D eigenvalue weighted by Gasteiger charge is 2.25. The molecule has 1 fully saturated rings. The highest BCUT2D eigenvalue weighted by molar-refractivity contribution is 7.15. The Hall–Kier alpha value is -2.48. The number of nitrogens with one attached hydrogen (secondary N) is 2. The molecule has 1 aromatic carbocycles. The van der Waals surface area contributed by atoms with E-state index in [4.69, 9.17) is 0 Å². The zero-order valence-electron chi connectivity index (χ0n) is 13.5. The lowest BCUT2D eigenvalue weighted by Crippen LogP contribution is -2.13. The molecular weight excluding hydrogens is 328 g/mol. The molecule has 0 saturated heterocycles. The molecule has 1 amide bonds. The summed E-state index contributed by atoms with van der Waals surface area (Å²) < 4.78 is 0. The van der Waals surface area contributed by atoms with Gasteiger partial charge in [0.05, 0.1) is 10.6 Å². The number of hydrogen-bond donors (Lipinski definition) is 2. The molecule has 0 unspecified atom stereocenters. The summed E-state index contributed by atoms with van der Waals surface area (Å²) in [6.45, 7) is 3.96. The Morgan fingerprint density at radius 1 is 1.46 bits per heavy atom. The van der Waals surface area contributed by atoms with Gasteiger partial charge in [0, 0.05) is 22.5 Å². The lowest BCUT2D eigenvalue weighted by atomic mass is 10.1. The fourth-order valence-corrected chi connectivity index (χ4v) is 3.27. The van der Waals surface area contributed by atoms with E-state index in [1.807, 2.05) is 13.8 Å². The smallest absolute Gasteiger partial charge is 0.293 e. The summed E-state index contributed by atoms with van der Waals surface area (Å²) in [4.78, 5) is 28.6. The van der Waals surface area contributed by atoms with E-state index < -0.39 is 10.8 Å². The molecule has 0 bridgehead atoms. The molecule has 3 rings (SSSR count). The number of carbonyl (C=O) groups is 1. The highest BCUT2D eigenvalue weighted by Crippen LogP contribution is 2.32. The van der Waals surface area contributed by atoms with Crippen molar-refractivity contribution in [2.24, 2.45) is 0 Å². The molecule has 7 nitrogen and oxygen atoms in total. The summed E-state index contributed by atoms with van der Waals surface area (Å²) in [5.41, 5.74) is 1.57. The van der Waals surface area contributed by atoms with Crippen LogP contribution in [0.15, 0.2) is 18.2 Å². The summed E-state index contributed by atoms with van der Waals surface area (Å²) in [7, 11) is 0. The minimum absolute atomic E-state index is 0.0842. The number of thiazole rings is 1. The number of nitro benzene ring substituents is 1. The molecule has 2 N–H and O–H groups in total.